The number of benzene rings is 2. The van der Waals surface area contributed by atoms with E-state index in [1.165, 1.54) is 23.8 Å². The number of aryl methyl sites for hydroxylation is 2. The van der Waals surface area contributed by atoms with Gasteiger partial charge in [0.15, 0.2) is 5.13 Å². The molecular formula is C20H20N4O2S. The van der Waals surface area contributed by atoms with Gasteiger partial charge in [0.2, 0.25) is 5.91 Å². The summed E-state index contributed by atoms with van der Waals surface area (Å²) in [5, 5.41) is 11.1. The summed E-state index contributed by atoms with van der Waals surface area (Å²) in [5.41, 5.74) is 4.81. The van der Waals surface area contributed by atoms with Gasteiger partial charge in [-0.1, -0.05) is 23.8 Å². The molecule has 0 radical (unpaired) electrons. The number of hydrogen-bond acceptors (Lipinski definition) is 5. The van der Waals surface area contributed by atoms with Crippen LogP contribution in [0.2, 0.25) is 0 Å². The third-order valence-corrected chi connectivity index (χ3v) is 4.56. The maximum Gasteiger partial charge on any atom is 0.275 e. The quantitative estimate of drug-likeness (QED) is 0.598. The second-order valence-electron chi connectivity index (χ2n) is 6.20. The number of carbonyl (C=O) groups excluding carboxylic acids is 2. The Morgan fingerprint density at radius 1 is 1.00 bits per heavy atom. The highest BCUT2D eigenvalue weighted by molar-refractivity contribution is 7.14. The van der Waals surface area contributed by atoms with Gasteiger partial charge in [-0.2, -0.15) is 0 Å². The van der Waals surface area contributed by atoms with Crippen LogP contribution >= 0.6 is 11.3 Å². The number of rotatable bonds is 5. The van der Waals surface area contributed by atoms with E-state index in [1.54, 1.807) is 29.6 Å². The summed E-state index contributed by atoms with van der Waals surface area (Å²) >= 11 is 1.37. The third-order valence-electron chi connectivity index (χ3n) is 3.80. The molecule has 6 nitrogen and oxygen atoms in total. The molecule has 0 aliphatic carbocycles. The zero-order valence-electron chi connectivity index (χ0n) is 15.3. The molecule has 1 aromatic heterocycles. The number of nitrogens with one attached hydrogen (secondary N) is 3. The molecule has 3 rings (SSSR count). The van der Waals surface area contributed by atoms with Crippen molar-refractivity contribution < 1.29 is 9.59 Å². The highest BCUT2D eigenvalue weighted by Crippen LogP contribution is 2.25. The van der Waals surface area contributed by atoms with Crippen molar-refractivity contribution in [2.24, 2.45) is 0 Å². The summed E-state index contributed by atoms with van der Waals surface area (Å²) in [6.45, 7) is 5.51. The van der Waals surface area contributed by atoms with Crippen LogP contribution < -0.4 is 16.0 Å². The van der Waals surface area contributed by atoms with Crippen LogP contribution in [0, 0.1) is 13.8 Å². The topological polar surface area (TPSA) is 83.1 Å². The number of amides is 2. The van der Waals surface area contributed by atoms with Crippen molar-refractivity contribution in [3.63, 3.8) is 0 Å². The van der Waals surface area contributed by atoms with Gasteiger partial charge in [-0.05, 0) is 43.7 Å². The Bertz CT molecular complexity index is 997. The second-order valence-corrected chi connectivity index (χ2v) is 7.06. The van der Waals surface area contributed by atoms with E-state index in [0.717, 1.165) is 11.3 Å². The Hall–Kier alpha value is -3.19. The van der Waals surface area contributed by atoms with Crippen molar-refractivity contribution >= 4 is 45.3 Å². The van der Waals surface area contributed by atoms with E-state index in [0.29, 0.717) is 22.2 Å². The summed E-state index contributed by atoms with van der Waals surface area (Å²) in [4.78, 5) is 28.0. The number of anilines is 4. The highest BCUT2D eigenvalue weighted by Gasteiger charge is 2.12. The number of thiazole rings is 1. The average Bonchev–Trinajstić information content (AvgIpc) is 3.06. The highest BCUT2D eigenvalue weighted by atomic mass is 32.1. The van der Waals surface area contributed by atoms with E-state index >= 15 is 0 Å². The zero-order valence-corrected chi connectivity index (χ0v) is 16.1. The van der Waals surface area contributed by atoms with Crippen LogP contribution in [0.1, 0.15) is 28.5 Å². The van der Waals surface area contributed by atoms with Gasteiger partial charge in [0.25, 0.3) is 5.91 Å². The molecule has 3 aromatic rings. The molecule has 0 spiro atoms. The minimum atomic E-state index is -0.306. The van der Waals surface area contributed by atoms with Gasteiger partial charge in [0, 0.05) is 29.4 Å². The molecule has 27 heavy (non-hydrogen) atoms. The van der Waals surface area contributed by atoms with Crippen LogP contribution in [0.5, 0.6) is 0 Å². The molecule has 2 amide bonds. The monoisotopic (exact) mass is 380 g/mol. The van der Waals surface area contributed by atoms with Gasteiger partial charge in [0.1, 0.15) is 5.69 Å². The van der Waals surface area contributed by atoms with Crippen molar-refractivity contribution in [3.8, 4) is 0 Å². The van der Waals surface area contributed by atoms with E-state index in [2.05, 4.69) is 27.0 Å². The molecule has 0 atom stereocenters. The first kappa shape index (κ1) is 18.6. The first-order valence-electron chi connectivity index (χ1n) is 8.39. The van der Waals surface area contributed by atoms with Gasteiger partial charge in [-0.3, -0.25) is 9.59 Å². The fourth-order valence-electron chi connectivity index (χ4n) is 2.58. The Morgan fingerprint density at radius 2 is 1.74 bits per heavy atom. The molecule has 3 N–H and O–H groups in total. The molecule has 2 aromatic carbocycles. The number of carbonyl (C=O) groups is 2. The predicted molar refractivity (Wildman–Crippen MR) is 110 cm³/mol. The molecule has 0 saturated carbocycles. The fraction of sp³-hybridized carbons (Fsp3) is 0.150. The average molecular weight is 380 g/mol. The van der Waals surface area contributed by atoms with E-state index in [1.807, 2.05) is 26.0 Å². The van der Waals surface area contributed by atoms with Crippen molar-refractivity contribution in [3.05, 3.63) is 64.7 Å². The Morgan fingerprint density at radius 3 is 2.44 bits per heavy atom. The van der Waals surface area contributed by atoms with Gasteiger partial charge in [-0.25, -0.2) is 4.98 Å². The van der Waals surface area contributed by atoms with Crippen LogP contribution in [-0.2, 0) is 4.79 Å². The van der Waals surface area contributed by atoms with Gasteiger partial charge < -0.3 is 16.0 Å². The maximum atomic E-state index is 12.4. The summed E-state index contributed by atoms with van der Waals surface area (Å²) < 4.78 is 0. The van der Waals surface area contributed by atoms with E-state index in [-0.39, 0.29) is 11.8 Å². The summed E-state index contributed by atoms with van der Waals surface area (Å²) in [6.07, 6.45) is 0. The van der Waals surface area contributed by atoms with Gasteiger partial charge >= 0.3 is 0 Å². The van der Waals surface area contributed by atoms with E-state index < -0.39 is 0 Å². The lowest BCUT2D eigenvalue weighted by atomic mass is 10.1. The van der Waals surface area contributed by atoms with Crippen LogP contribution in [0.15, 0.2) is 47.8 Å². The largest absolute Gasteiger partial charge is 0.331 e. The summed E-state index contributed by atoms with van der Waals surface area (Å²) in [5.74, 6) is -0.472. The molecule has 0 unspecified atom stereocenters. The summed E-state index contributed by atoms with van der Waals surface area (Å²) in [7, 11) is 0. The molecule has 0 aliphatic rings. The Balaban J connectivity index is 1.69. The standard InChI is InChI=1S/C20H20N4O2S/c1-12-7-8-17(13(2)9-12)23-20-24-18(11-27-20)19(26)22-16-6-4-5-15(10-16)21-14(3)25/h4-11H,1-3H3,(H,21,25)(H,22,26)(H,23,24). The molecule has 7 heteroatoms. The minimum Gasteiger partial charge on any atom is -0.331 e. The normalized spacial score (nSPS) is 10.3. The SMILES string of the molecule is CC(=O)Nc1cccc(NC(=O)c2csc(Nc3ccc(C)cc3C)n2)c1. The lowest BCUT2D eigenvalue weighted by molar-refractivity contribution is -0.114. The zero-order chi connectivity index (χ0) is 19.4. The van der Waals surface area contributed by atoms with Crippen molar-refractivity contribution in [2.45, 2.75) is 20.8 Å². The Labute approximate surface area is 161 Å². The predicted octanol–water partition coefficient (Wildman–Crippen LogP) is 4.71. The maximum absolute atomic E-state index is 12.4. The van der Waals surface area contributed by atoms with E-state index in [4.69, 9.17) is 0 Å². The molecule has 138 valence electrons. The number of aromatic nitrogens is 1. The third kappa shape index (κ3) is 4.92. The first-order valence-corrected chi connectivity index (χ1v) is 9.27. The van der Waals surface area contributed by atoms with Crippen LogP contribution in [0.3, 0.4) is 0 Å². The van der Waals surface area contributed by atoms with Gasteiger partial charge in [-0.15, -0.1) is 11.3 Å². The van der Waals surface area contributed by atoms with Crippen LogP contribution in [0.25, 0.3) is 0 Å². The minimum absolute atomic E-state index is 0.167. The molecule has 1 heterocycles. The van der Waals surface area contributed by atoms with Crippen molar-refractivity contribution in [2.75, 3.05) is 16.0 Å². The lowest BCUT2D eigenvalue weighted by Crippen LogP contribution is -2.13. The summed E-state index contributed by atoms with van der Waals surface area (Å²) in [6, 6.07) is 13.1. The number of hydrogen-bond donors (Lipinski definition) is 3. The first-order chi connectivity index (χ1) is 12.9. The van der Waals surface area contributed by atoms with Crippen LogP contribution in [0.4, 0.5) is 22.2 Å². The van der Waals surface area contributed by atoms with E-state index in [9.17, 15) is 9.59 Å². The molecular weight excluding hydrogens is 360 g/mol. The van der Waals surface area contributed by atoms with Crippen molar-refractivity contribution in [1.82, 2.24) is 4.98 Å². The lowest BCUT2D eigenvalue weighted by Gasteiger charge is -2.07. The number of nitrogens with zero attached hydrogens (tertiary/aromatic N) is 1. The second kappa shape index (κ2) is 8.01. The van der Waals surface area contributed by atoms with Gasteiger partial charge in [0.05, 0.1) is 0 Å². The molecule has 0 aliphatic heterocycles. The Kier molecular flexibility index (Phi) is 5.52. The molecule has 0 bridgehead atoms. The molecule has 0 saturated heterocycles. The van der Waals surface area contributed by atoms with Crippen LogP contribution in [-0.4, -0.2) is 16.8 Å². The smallest absolute Gasteiger partial charge is 0.275 e. The fourth-order valence-corrected chi connectivity index (χ4v) is 3.28. The molecule has 0 fully saturated rings. The van der Waals surface area contributed by atoms with Crippen molar-refractivity contribution in [1.29, 1.82) is 0 Å².